The molecule has 4 heteroatoms. The number of esters is 2. The minimum Gasteiger partial charge on any atom is -0.422 e. The van der Waals surface area contributed by atoms with Gasteiger partial charge in [0.15, 0.2) is 0 Å². The van der Waals surface area contributed by atoms with Crippen LogP contribution in [-0.2, 0) is 19.1 Å². The summed E-state index contributed by atoms with van der Waals surface area (Å²) in [5.41, 5.74) is 0. The highest BCUT2D eigenvalue weighted by atomic mass is 16.7. The van der Waals surface area contributed by atoms with Crippen molar-refractivity contribution in [1.29, 1.82) is 0 Å². The summed E-state index contributed by atoms with van der Waals surface area (Å²) in [7, 11) is 0. The van der Waals surface area contributed by atoms with E-state index < -0.39 is 17.7 Å². The van der Waals surface area contributed by atoms with E-state index >= 15 is 0 Å². The van der Waals surface area contributed by atoms with E-state index in [1.165, 1.54) is 0 Å². The van der Waals surface area contributed by atoms with Crippen LogP contribution in [-0.4, -0.2) is 17.7 Å². The van der Waals surface area contributed by atoms with Crippen LogP contribution >= 0.6 is 0 Å². The monoisotopic (exact) mass is 200 g/mol. The molecule has 4 nitrogen and oxygen atoms in total. The third-order valence-electron chi connectivity index (χ3n) is 2.15. The first kappa shape index (κ1) is 11.0. The lowest BCUT2D eigenvalue weighted by Crippen LogP contribution is -2.45. The van der Waals surface area contributed by atoms with Gasteiger partial charge in [0.1, 0.15) is 6.42 Å². The number of ether oxygens (including phenoxy) is 2. The predicted octanol–water partition coefficient (Wildman–Crippen LogP) is 1.77. The van der Waals surface area contributed by atoms with Crippen LogP contribution in [0.1, 0.15) is 46.0 Å². The summed E-state index contributed by atoms with van der Waals surface area (Å²) < 4.78 is 10.3. The third kappa shape index (κ3) is 2.47. The van der Waals surface area contributed by atoms with Gasteiger partial charge in [-0.15, -0.1) is 0 Å². The van der Waals surface area contributed by atoms with Crippen molar-refractivity contribution in [3.8, 4) is 0 Å². The zero-order valence-corrected chi connectivity index (χ0v) is 8.67. The number of carbonyl (C=O) groups is 2. The molecule has 1 heterocycles. The Labute approximate surface area is 83.6 Å². The summed E-state index contributed by atoms with van der Waals surface area (Å²) in [5.74, 6) is -1.91. The quantitative estimate of drug-likeness (QED) is 0.512. The van der Waals surface area contributed by atoms with E-state index in [1.807, 2.05) is 13.8 Å². The number of hydrogen-bond donors (Lipinski definition) is 0. The molecule has 0 aromatic heterocycles. The highest BCUT2D eigenvalue weighted by Crippen LogP contribution is 2.30. The Balaban J connectivity index is 2.73. The Bertz CT molecular complexity index is 210. The molecule has 0 unspecified atom stereocenters. The van der Waals surface area contributed by atoms with Crippen LogP contribution in [0.2, 0.25) is 0 Å². The van der Waals surface area contributed by atoms with E-state index in [-0.39, 0.29) is 6.42 Å². The van der Waals surface area contributed by atoms with Gasteiger partial charge in [0, 0.05) is 12.8 Å². The second-order valence-corrected chi connectivity index (χ2v) is 3.54. The van der Waals surface area contributed by atoms with Crippen LogP contribution in [0.25, 0.3) is 0 Å². The molecule has 1 fully saturated rings. The fourth-order valence-corrected chi connectivity index (χ4v) is 1.72. The van der Waals surface area contributed by atoms with Crippen molar-refractivity contribution in [2.24, 2.45) is 0 Å². The Morgan fingerprint density at radius 2 is 1.50 bits per heavy atom. The molecule has 0 amide bonds. The van der Waals surface area contributed by atoms with Crippen molar-refractivity contribution < 1.29 is 19.1 Å². The Morgan fingerprint density at radius 1 is 1.07 bits per heavy atom. The molecular weight excluding hydrogens is 184 g/mol. The normalized spacial score (nSPS) is 20.1. The minimum absolute atomic E-state index is 0.255. The smallest absolute Gasteiger partial charge is 0.320 e. The second kappa shape index (κ2) is 4.44. The number of hydrogen-bond acceptors (Lipinski definition) is 4. The Hall–Kier alpha value is -1.06. The molecule has 14 heavy (non-hydrogen) atoms. The largest absolute Gasteiger partial charge is 0.422 e. The van der Waals surface area contributed by atoms with Crippen molar-refractivity contribution in [3.05, 3.63) is 0 Å². The molecule has 0 spiro atoms. The Morgan fingerprint density at radius 3 is 1.86 bits per heavy atom. The summed E-state index contributed by atoms with van der Waals surface area (Å²) >= 11 is 0. The molecule has 0 atom stereocenters. The van der Waals surface area contributed by atoms with Crippen LogP contribution in [0.5, 0.6) is 0 Å². The van der Waals surface area contributed by atoms with Gasteiger partial charge in [0.05, 0.1) is 0 Å². The minimum atomic E-state index is -0.976. The fourth-order valence-electron chi connectivity index (χ4n) is 1.72. The average molecular weight is 200 g/mol. The highest BCUT2D eigenvalue weighted by molar-refractivity contribution is 5.93. The first-order valence-electron chi connectivity index (χ1n) is 5.05. The van der Waals surface area contributed by atoms with Gasteiger partial charge in [-0.3, -0.25) is 9.59 Å². The number of carbonyl (C=O) groups excluding carboxylic acids is 2. The second-order valence-electron chi connectivity index (χ2n) is 3.54. The summed E-state index contributed by atoms with van der Waals surface area (Å²) in [6, 6.07) is 0. The lowest BCUT2D eigenvalue weighted by molar-refractivity contribution is -0.248. The maximum atomic E-state index is 11.1. The average Bonchev–Trinajstić information content (AvgIpc) is 2.02. The predicted molar refractivity (Wildman–Crippen MR) is 49.3 cm³/mol. The molecule has 1 aliphatic heterocycles. The van der Waals surface area contributed by atoms with Gasteiger partial charge in [0.25, 0.3) is 5.79 Å². The van der Waals surface area contributed by atoms with E-state index in [9.17, 15) is 9.59 Å². The third-order valence-corrected chi connectivity index (χ3v) is 2.15. The number of rotatable bonds is 4. The van der Waals surface area contributed by atoms with Crippen molar-refractivity contribution in [3.63, 3.8) is 0 Å². The molecule has 0 radical (unpaired) electrons. The van der Waals surface area contributed by atoms with Gasteiger partial charge < -0.3 is 9.47 Å². The van der Waals surface area contributed by atoms with Gasteiger partial charge in [-0.2, -0.15) is 0 Å². The fraction of sp³-hybridized carbons (Fsp3) is 0.800. The lowest BCUT2D eigenvalue weighted by Gasteiger charge is -2.35. The zero-order chi connectivity index (χ0) is 10.6. The maximum Gasteiger partial charge on any atom is 0.320 e. The van der Waals surface area contributed by atoms with Gasteiger partial charge in [-0.05, 0) is 12.8 Å². The molecule has 1 saturated heterocycles. The molecular formula is C10H16O4. The van der Waals surface area contributed by atoms with E-state index in [1.54, 1.807) is 0 Å². The van der Waals surface area contributed by atoms with Crippen LogP contribution in [0.4, 0.5) is 0 Å². The topological polar surface area (TPSA) is 52.6 Å². The van der Waals surface area contributed by atoms with Crippen molar-refractivity contribution in [1.82, 2.24) is 0 Å². The van der Waals surface area contributed by atoms with Crippen molar-refractivity contribution >= 4 is 11.9 Å². The van der Waals surface area contributed by atoms with Crippen LogP contribution in [0, 0.1) is 0 Å². The summed E-state index contributed by atoms with van der Waals surface area (Å²) in [6.45, 7) is 3.93. The van der Waals surface area contributed by atoms with Crippen LogP contribution in [0.15, 0.2) is 0 Å². The van der Waals surface area contributed by atoms with Crippen LogP contribution < -0.4 is 0 Å². The SMILES string of the molecule is CCCC1(CCC)OC(=O)CC(=O)O1. The van der Waals surface area contributed by atoms with Crippen LogP contribution in [0.3, 0.4) is 0 Å². The highest BCUT2D eigenvalue weighted by Gasteiger charge is 2.41. The van der Waals surface area contributed by atoms with Gasteiger partial charge >= 0.3 is 11.9 Å². The van der Waals surface area contributed by atoms with Crippen molar-refractivity contribution in [2.45, 2.75) is 51.7 Å². The van der Waals surface area contributed by atoms with Gasteiger partial charge in [-0.1, -0.05) is 13.8 Å². The summed E-state index contributed by atoms with van der Waals surface area (Å²) in [6.07, 6.45) is 2.55. The molecule has 0 saturated carbocycles. The molecule has 0 aromatic rings. The molecule has 0 aliphatic carbocycles. The molecule has 0 bridgehead atoms. The number of cyclic esters (lactones) is 2. The zero-order valence-electron chi connectivity index (χ0n) is 8.67. The first-order chi connectivity index (χ1) is 6.62. The van der Waals surface area contributed by atoms with E-state index in [2.05, 4.69) is 0 Å². The van der Waals surface area contributed by atoms with E-state index in [4.69, 9.17) is 9.47 Å². The first-order valence-corrected chi connectivity index (χ1v) is 5.05. The molecule has 1 rings (SSSR count). The summed E-state index contributed by atoms with van der Waals surface area (Å²) in [5, 5.41) is 0. The van der Waals surface area contributed by atoms with Gasteiger partial charge in [0.2, 0.25) is 0 Å². The molecule has 0 aromatic carbocycles. The lowest BCUT2D eigenvalue weighted by atomic mass is 10.0. The van der Waals surface area contributed by atoms with E-state index in [0.717, 1.165) is 12.8 Å². The van der Waals surface area contributed by atoms with Gasteiger partial charge in [-0.25, -0.2) is 0 Å². The van der Waals surface area contributed by atoms with Crippen molar-refractivity contribution in [2.75, 3.05) is 0 Å². The summed E-state index contributed by atoms with van der Waals surface area (Å²) in [4.78, 5) is 22.2. The maximum absolute atomic E-state index is 11.1. The Kier molecular flexibility index (Phi) is 3.49. The standard InChI is InChI=1S/C10H16O4/c1-3-5-10(6-4-2)13-8(11)7-9(12)14-10/h3-7H2,1-2H3. The van der Waals surface area contributed by atoms with E-state index in [0.29, 0.717) is 12.8 Å². The molecule has 1 aliphatic rings. The molecule has 0 N–H and O–H groups in total. The molecule has 80 valence electrons.